The largest absolute Gasteiger partial charge is 0.457 e. The fourth-order valence-electron chi connectivity index (χ4n) is 8.42. The second kappa shape index (κ2) is 19.7. The summed E-state index contributed by atoms with van der Waals surface area (Å²) < 4.78 is 44.9. The number of nitrogens with one attached hydrogen (secondary N) is 3. The van der Waals surface area contributed by atoms with E-state index in [-0.39, 0.29) is 60.1 Å². The van der Waals surface area contributed by atoms with Gasteiger partial charge in [-0.05, 0) is 96.6 Å². The maximum Gasteiger partial charge on any atom is 0.416 e. The number of aryl methyl sites for hydroxylation is 1. The van der Waals surface area contributed by atoms with Gasteiger partial charge >= 0.3 is 6.18 Å². The number of fused-ring (bicyclic) bond motifs is 1. The number of ether oxygens (including phenoxy) is 1. The van der Waals surface area contributed by atoms with Crippen molar-refractivity contribution in [2.45, 2.75) is 85.1 Å². The van der Waals surface area contributed by atoms with Crippen molar-refractivity contribution in [1.29, 1.82) is 0 Å². The van der Waals surface area contributed by atoms with E-state index in [2.05, 4.69) is 20.9 Å². The van der Waals surface area contributed by atoms with Crippen LogP contribution in [0.4, 0.5) is 13.2 Å². The van der Waals surface area contributed by atoms with E-state index in [1.54, 1.807) is 51.5 Å². The van der Waals surface area contributed by atoms with E-state index < -0.39 is 35.1 Å². The van der Waals surface area contributed by atoms with Gasteiger partial charge in [-0.3, -0.25) is 24.0 Å². The molecule has 348 valence electrons. The molecule has 0 saturated carbocycles. The molecule has 5 aromatic rings. The van der Waals surface area contributed by atoms with Gasteiger partial charge in [0.2, 0.25) is 23.6 Å². The lowest BCUT2D eigenvalue weighted by Gasteiger charge is -2.39. The highest BCUT2D eigenvalue weighted by atomic mass is 32.1. The molecular weight excluding hydrogens is 870 g/mol. The van der Waals surface area contributed by atoms with Crippen molar-refractivity contribution in [3.05, 3.63) is 113 Å². The topological polar surface area (TPSA) is 150 Å². The van der Waals surface area contributed by atoms with Crippen molar-refractivity contribution in [2.24, 2.45) is 17.3 Å². The minimum atomic E-state index is -4.45. The minimum Gasteiger partial charge on any atom is -0.457 e. The molecule has 4 aromatic carbocycles. The molecule has 2 aliphatic heterocycles. The van der Waals surface area contributed by atoms with Gasteiger partial charge in [-0.2, -0.15) is 13.2 Å². The number of hydrogen-bond acceptors (Lipinski definition) is 8. The van der Waals surface area contributed by atoms with Gasteiger partial charge in [0.05, 0.1) is 27.7 Å². The van der Waals surface area contributed by atoms with Crippen LogP contribution in [0.2, 0.25) is 0 Å². The number of hydrogen-bond donors (Lipinski definition) is 3. The molecule has 2 aliphatic rings. The van der Waals surface area contributed by atoms with Crippen molar-refractivity contribution in [3.63, 3.8) is 0 Å². The number of nitrogens with zero attached hydrogens (tertiary/aromatic N) is 3. The molecular formula is C50H55F3N6O6S. The number of rotatable bonds is 14. The zero-order valence-electron chi connectivity index (χ0n) is 37.8. The number of aromatic nitrogens is 1. The Kier molecular flexibility index (Phi) is 14.2. The van der Waals surface area contributed by atoms with Crippen molar-refractivity contribution in [2.75, 3.05) is 26.2 Å². The Hall–Kier alpha value is -6.29. The van der Waals surface area contributed by atoms with Gasteiger partial charge in [-0.25, -0.2) is 4.98 Å². The van der Waals surface area contributed by atoms with Gasteiger partial charge in [-0.15, -0.1) is 11.3 Å². The highest BCUT2D eigenvalue weighted by Crippen LogP contribution is 2.35. The molecule has 0 bridgehead atoms. The quantitative estimate of drug-likeness (QED) is 0.101. The summed E-state index contributed by atoms with van der Waals surface area (Å²) in [6.07, 6.45) is -4.19. The Morgan fingerprint density at radius 3 is 2.23 bits per heavy atom. The summed E-state index contributed by atoms with van der Waals surface area (Å²) in [6, 6.07) is 20.9. The Bertz CT molecular complexity index is 2590. The second-order valence-electron chi connectivity index (χ2n) is 18.5. The molecule has 66 heavy (non-hydrogen) atoms. The molecule has 3 heterocycles. The van der Waals surface area contributed by atoms with Crippen molar-refractivity contribution >= 4 is 51.6 Å². The Labute approximate surface area is 386 Å². The van der Waals surface area contributed by atoms with E-state index in [1.807, 2.05) is 77.4 Å². The number of likely N-dealkylation sites (tertiary alicyclic amines) is 2. The molecule has 3 N–H and O–H groups in total. The Morgan fingerprint density at radius 2 is 1.58 bits per heavy atom. The third-order valence-corrected chi connectivity index (χ3v) is 13.2. The first-order valence-corrected chi connectivity index (χ1v) is 23.0. The van der Waals surface area contributed by atoms with Crippen LogP contribution in [0.1, 0.15) is 87.1 Å². The number of amides is 5. The van der Waals surface area contributed by atoms with Gasteiger partial charge < -0.3 is 30.5 Å². The molecule has 12 nitrogen and oxygen atoms in total. The van der Waals surface area contributed by atoms with E-state index in [0.29, 0.717) is 49.3 Å². The lowest BCUT2D eigenvalue weighted by molar-refractivity contribution is -0.144. The summed E-state index contributed by atoms with van der Waals surface area (Å²) in [5.74, 6) is -0.781. The zero-order chi connectivity index (χ0) is 47.5. The molecule has 2 saturated heterocycles. The molecule has 4 atom stereocenters. The first-order valence-electron chi connectivity index (χ1n) is 22.1. The predicted octanol–water partition coefficient (Wildman–Crippen LogP) is 8.70. The van der Waals surface area contributed by atoms with E-state index in [1.165, 1.54) is 12.1 Å². The van der Waals surface area contributed by atoms with Crippen LogP contribution >= 0.6 is 11.3 Å². The summed E-state index contributed by atoms with van der Waals surface area (Å²) in [6.45, 7) is 13.0. The molecule has 0 radical (unpaired) electrons. The van der Waals surface area contributed by atoms with Crippen LogP contribution in [-0.2, 0) is 25.4 Å². The smallest absolute Gasteiger partial charge is 0.416 e. The van der Waals surface area contributed by atoms with Gasteiger partial charge in [0.15, 0.2) is 0 Å². The maximum absolute atomic E-state index is 14.2. The number of alkyl halides is 3. The number of thiazole rings is 1. The van der Waals surface area contributed by atoms with Crippen LogP contribution in [0.25, 0.3) is 21.2 Å². The fourth-order valence-corrected chi connectivity index (χ4v) is 9.23. The highest BCUT2D eigenvalue weighted by molar-refractivity contribution is 7.13. The number of carbonyl (C=O) groups is 5. The molecule has 0 aliphatic carbocycles. The molecule has 1 aromatic heterocycles. The minimum absolute atomic E-state index is 0.0221. The lowest BCUT2D eigenvalue weighted by atomic mass is 9.85. The Balaban J connectivity index is 0.857. The SMILES string of the molecule is Cc1ncsc1-c1ccc([C@H](C)NC(=O)[C@@H]2C[C@@H](C)CN2C(=O)[C@@H](NC(=O)CCC(=O)NCC2CN(C(=O)c3ccc4c(Oc5ccc(C(F)(F)F)cc5)cccc4c3)C2)C(C)(C)C)cc1. The van der Waals surface area contributed by atoms with Gasteiger partial charge in [0.25, 0.3) is 5.91 Å². The Morgan fingerprint density at radius 1 is 0.879 bits per heavy atom. The van der Waals surface area contributed by atoms with E-state index >= 15 is 0 Å². The van der Waals surface area contributed by atoms with Crippen molar-refractivity contribution in [3.8, 4) is 21.9 Å². The lowest BCUT2D eigenvalue weighted by Crippen LogP contribution is -2.57. The van der Waals surface area contributed by atoms with Crippen molar-refractivity contribution in [1.82, 2.24) is 30.7 Å². The summed E-state index contributed by atoms with van der Waals surface area (Å²) in [7, 11) is 0. The average Bonchev–Trinajstić information content (AvgIpc) is 3.88. The van der Waals surface area contributed by atoms with Gasteiger partial charge in [0.1, 0.15) is 23.6 Å². The summed E-state index contributed by atoms with van der Waals surface area (Å²) in [5, 5.41) is 10.3. The van der Waals surface area contributed by atoms with Crippen LogP contribution in [0, 0.1) is 24.2 Å². The number of benzene rings is 4. The summed E-state index contributed by atoms with van der Waals surface area (Å²) in [4.78, 5) is 76.1. The average molecular weight is 925 g/mol. The monoisotopic (exact) mass is 924 g/mol. The maximum atomic E-state index is 14.2. The standard InChI is InChI=1S/C50H55F3N6O6S/c1-29-22-40(46(62)56-30(2)33-10-12-34(13-11-33)44-31(3)55-28-66-44)59(25-29)48(64)45(49(4,5)6)57-43(61)21-20-42(60)54-24-32-26-58(27-32)47(63)36-14-19-39-35(23-36)8-7-9-41(39)65-38-17-15-37(16-18-38)50(51,52)53/h7-19,23,28-30,32,40,45H,20-22,24-27H2,1-6H3,(H,54,60)(H,56,62)(H,57,61)/t29-,30+,40+,45-/m1/s1. The molecule has 16 heteroatoms. The molecule has 0 unspecified atom stereocenters. The first kappa shape index (κ1) is 47.7. The van der Waals surface area contributed by atoms with Gasteiger partial charge in [0, 0.05) is 55.9 Å². The van der Waals surface area contributed by atoms with Crippen LogP contribution in [-0.4, -0.2) is 82.6 Å². The summed E-state index contributed by atoms with van der Waals surface area (Å²) >= 11 is 1.58. The third-order valence-electron chi connectivity index (χ3n) is 12.2. The zero-order valence-corrected chi connectivity index (χ0v) is 38.6. The number of carbonyl (C=O) groups excluding carboxylic acids is 5. The third kappa shape index (κ3) is 11.2. The highest BCUT2D eigenvalue weighted by Gasteiger charge is 2.44. The van der Waals surface area contributed by atoms with Crippen LogP contribution in [0.3, 0.4) is 0 Å². The normalized spacial score (nSPS) is 17.5. The first-order chi connectivity index (χ1) is 31.2. The van der Waals surface area contributed by atoms with E-state index in [0.717, 1.165) is 39.2 Å². The molecule has 7 rings (SSSR count). The van der Waals surface area contributed by atoms with Gasteiger partial charge in [-0.1, -0.05) is 64.1 Å². The molecule has 5 amide bonds. The number of halogens is 3. The van der Waals surface area contributed by atoms with E-state index in [4.69, 9.17) is 4.74 Å². The predicted molar refractivity (Wildman–Crippen MR) is 247 cm³/mol. The van der Waals surface area contributed by atoms with Crippen LogP contribution < -0.4 is 20.7 Å². The molecule has 2 fully saturated rings. The second-order valence-corrected chi connectivity index (χ2v) is 19.4. The summed E-state index contributed by atoms with van der Waals surface area (Å²) in [5.41, 5.74) is 3.76. The van der Waals surface area contributed by atoms with E-state index in [9.17, 15) is 37.1 Å². The van der Waals surface area contributed by atoms with Crippen LogP contribution in [0.5, 0.6) is 11.5 Å². The van der Waals surface area contributed by atoms with Crippen molar-refractivity contribution < 1.29 is 41.9 Å². The molecule has 0 spiro atoms. The van der Waals surface area contributed by atoms with Crippen LogP contribution in [0.15, 0.2) is 90.4 Å². The fraction of sp³-hybridized carbons (Fsp3) is 0.400.